The molecule has 8 heteroatoms. The molecule has 0 saturated carbocycles. The summed E-state index contributed by atoms with van der Waals surface area (Å²) in [5, 5.41) is 9.35. The summed E-state index contributed by atoms with van der Waals surface area (Å²) in [6, 6.07) is 8.74. The van der Waals surface area contributed by atoms with E-state index in [1.807, 2.05) is 6.92 Å². The normalized spacial score (nSPS) is 11.3. The van der Waals surface area contributed by atoms with Crippen molar-refractivity contribution in [3.05, 3.63) is 41.8 Å². The van der Waals surface area contributed by atoms with Gasteiger partial charge in [-0.15, -0.1) is 5.10 Å². The van der Waals surface area contributed by atoms with Gasteiger partial charge in [0.25, 0.3) is 0 Å². The summed E-state index contributed by atoms with van der Waals surface area (Å²) < 4.78 is 29.5. The fourth-order valence-corrected chi connectivity index (χ4v) is 2.92. The van der Waals surface area contributed by atoms with E-state index >= 15 is 0 Å². The maximum atomic E-state index is 12.2. The van der Waals surface area contributed by atoms with E-state index in [2.05, 4.69) is 15.5 Å². The molecule has 0 aliphatic rings. The molecule has 7 nitrogen and oxygen atoms in total. The maximum absolute atomic E-state index is 12.2. The highest BCUT2D eigenvalue weighted by atomic mass is 32.2. The fraction of sp³-hybridized carbons (Fsp3) is 0.357. The van der Waals surface area contributed by atoms with E-state index in [1.165, 1.54) is 0 Å². The molecular weight excluding hydrogens is 306 g/mol. The van der Waals surface area contributed by atoms with Crippen molar-refractivity contribution < 1.29 is 17.6 Å². The lowest BCUT2D eigenvalue weighted by Gasteiger charge is -2.00. The largest absolute Gasteiger partial charge is 0.411 e. The molecule has 0 atom stereocenters. The summed E-state index contributed by atoms with van der Waals surface area (Å²) in [7, 11) is -3.69. The molecule has 22 heavy (non-hydrogen) atoms. The summed E-state index contributed by atoms with van der Waals surface area (Å²) in [5.41, 5.74) is 0.637. The number of nitrogens with zero attached hydrogens (tertiary/aromatic N) is 2. The van der Waals surface area contributed by atoms with Gasteiger partial charge in [0.2, 0.25) is 21.6 Å². The lowest BCUT2D eigenvalue weighted by Crippen LogP contribution is -2.22. The first-order valence-electron chi connectivity index (χ1n) is 6.87. The molecule has 1 heterocycles. The Morgan fingerprint density at radius 3 is 2.64 bits per heavy atom. The highest BCUT2D eigenvalue weighted by Gasteiger charge is 2.23. The minimum atomic E-state index is -3.69. The van der Waals surface area contributed by atoms with Crippen LogP contribution in [0.4, 0.5) is 0 Å². The van der Waals surface area contributed by atoms with Gasteiger partial charge in [0, 0.05) is 6.42 Å². The number of rotatable bonds is 7. The molecule has 1 amide bonds. The average molecular weight is 323 g/mol. The van der Waals surface area contributed by atoms with Gasteiger partial charge in [0.1, 0.15) is 0 Å². The van der Waals surface area contributed by atoms with E-state index in [9.17, 15) is 13.2 Å². The smallest absolute Gasteiger partial charge is 0.335 e. The van der Waals surface area contributed by atoms with E-state index in [0.29, 0.717) is 12.0 Å². The third-order valence-electron chi connectivity index (χ3n) is 2.83. The number of carbonyl (C=O) groups excluding carboxylic acids is 1. The van der Waals surface area contributed by atoms with Gasteiger partial charge in [-0.25, -0.2) is 8.42 Å². The molecule has 1 aromatic carbocycles. The zero-order chi connectivity index (χ0) is 16.0. The summed E-state index contributed by atoms with van der Waals surface area (Å²) in [6.07, 6.45) is 1.12. The number of aromatic nitrogens is 2. The van der Waals surface area contributed by atoms with Crippen molar-refractivity contribution in [2.45, 2.75) is 37.3 Å². The first-order valence-corrected chi connectivity index (χ1v) is 8.52. The van der Waals surface area contributed by atoms with E-state index in [-0.39, 0.29) is 24.1 Å². The van der Waals surface area contributed by atoms with Crippen LogP contribution in [-0.4, -0.2) is 24.5 Å². The number of amides is 1. The van der Waals surface area contributed by atoms with Gasteiger partial charge >= 0.3 is 5.22 Å². The lowest BCUT2D eigenvalue weighted by molar-refractivity contribution is -0.121. The first-order chi connectivity index (χ1) is 10.5. The van der Waals surface area contributed by atoms with Crippen molar-refractivity contribution in [3.63, 3.8) is 0 Å². The van der Waals surface area contributed by atoms with Crippen LogP contribution in [-0.2, 0) is 26.9 Å². The number of sulfone groups is 1. The summed E-state index contributed by atoms with van der Waals surface area (Å²) in [5.74, 6) is -0.289. The second-order valence-electron chi connectivity index (χ2n) is 4.73. The van der Waals surface area contributed by atoms with Gasteiger partial charge in [-0.1, -0.05) is 42.4 Å². The van der Waals surface area contributed by atoms with E-state index in [1.54, 1.807) is 30.3 Å². The second-order valence-corrected chi connectivity index (χ2v) is 6.60. The molecule has 0 radical (unpaired) electrons. The molecule has 0 unspecified atom stereocenters. The minimum absolute atomic E-state index is 0.0205. The third kappa shape index (κ3) is 4.39. The molecule has 0 aliphatic heterocycles. The Balaban J connectivity index is 2.02. The van der Waals surface area contributed by atoms with Crippen LogP contribution in [0.3, 0.4) is 0 Å². The molecule has 0 aliphatic carbocycles. The zero-order valence-corrected chi connectivity index (χ0v) is 13.0. The Morgan fingerprint density at radius 1 is 1.23 bits per heavy atom. The molecule has 0 saturated heterocycles. The fourth-order valence-electron chi connectivity index (χ4n) is 1.78. The van der Waals surface area contributed by atoms with Crippen LogP contribution in [0.2, 0.25) is 0 Å². The molecule has 118 valence electrons. The molecule has 2 aromatic rings. The summed E-state index contributed by atoms with van der Waals surface area (Å²) >= 11 is 0. The Morgan fingerprint density at radius 2 is 1.95 bits per heavy atom. The van der Waals surface area contributed by atoms with Crippen LogP contribution < -0.4 is 5.32 Å². The maximum Gasteiger partial charge on any atom is 0.335 e. The number of hydrogen-bond acceptors (Lipinski definition) is 6. The zero-order valence-electron chi connectivity index (χ0n) is 12.2. The van der Waals surface area contributed by atoms with Gasteiger partial charge in [0.05, 0.1) is 12.3 Å². The highest BCUT2D eigenvalue weighted by molar-refractivity contribution is 7.90. The number of carbonyl (C=O) groups is 1. The molecule has 0 fully saturated rings. The van der Waals surface area contributed by atoms with E-state index < -0.39 is 15.1 Å². The predicted octanol–water partition coefficient (Wildman–Crippen LogP) is 1.46. The molecular formula is C14H17N3O4S. The van der Waals surface area contributed by atoms with Crippen LogP contribution >= 0.6 is 0 Å². The summed E-state index contributed by atoms with van der Waals surface area (Å²) in [6.45, 7) is 1.91. The average Bonchev–Trinajstić information content (AvgIpc) is 2.96. The Labute approximate surface area is 128 Å². The van der Waals surface area contributed by atoms with Gasteiger partial charge < -0.3 is 9.73 Å². The van der Waals surface area contributed by atoms with Crippen molar-refractivity contribution in [2.24, 2.45) is 0 Å². The molecule has 1 aromatic heterocycles. The van der Waals surface area contributed by atoms with Crippen molar-refractivity contribution in [3.8, 4) is 0 Å². The van der Waals surface area contributed by atoms with Gasteiger partial charge in [-0.2, -0.15) is 0 Å². The lowest BCUT2D eigenvalue weighted by atomic mass is 10.2. The third-order valence-corrected chi connectivity index (χ3v) is 4.24. The van der Waals surface area contributed by atoms with Crippen molar-refractivity contribution in [1.29, 1.82) is 0 Å². The quantitative estimate of drug-likeness (QED) is 0.827. The van der Waals surface area contributed by atoms with E-state index in [4.69, 9.17) is 4.42 Å². The monoisotopic (exact) mass is 323 g/mol. The van der Waals surface area contributed by atoms with Crippen molar-refractivity contribution in [1.82, 2.24) is 15.5 Å². The molecule has 2 rings (SSSR count). The number of nitrogens with one attached hydrogen (secondary N) is 1. The van der Waals surface area contributed by atoms with Crippen LogP contribution in [0, 0.1) is 0 Å². The molecule has 0 bridgehead atoms. The van der Waals surface area contributed by atoms with Crippen LogP contribution in [0.5, 0.6) is 0 Å². The number of benzene rings is 1. The summed E-state index contributed by atoms with van der Waals surface area (Å²) in [4.78, 5) is 11.3. The second kappa shape index (κ2) is 7.17. The Bertz CT molecular complexity index is 726. The van der Waals surface area contributed by atoms with Gasteiger partial charge in [-0.3, -0.25) is 4.79 Å². The SMILES string of the molecule is CCCC(=O)NCc1nnc(S(=O)(=O)Cc2ccccc2)o1. The van der Waals surface area contributed by atoms with Crippen LogP contribution in [0.25, 0.3) is 0 Å². The number of hydrogen-bond donors (Lipinski definition) is 1. The van der Waals surface area contributed by atoms with Crippen molar-refractivity contribution >= 4 is 15.7 Å². The molecule has 0 spiro atoms. The standard InChI is InChI=1S/C14H17N3O4S/c1-2-6-12(18)15-9-13-16-17-14(21-13)22(19,20)10-11-7-4-3-5-8-11/h3-5,7-8H,2,6,9-10H2,1H3,(H,15,18). The molecule has 1 N–H and O–H groups in total. The topological polar surface area (TPSA) is 102 Å². The minimum Gasteiger partial charge on any atom is -0.411 e. The van der Waals surface area contributed by atoms with Gasteiger partial charge in [-0.05, 0) is 12.0 Å². The Kier molecular flexibility index (Phi) is 5.26. The first kappa shape index (κ1) is 16.2. The van der Waals surface area contributed by atoms with E-state index in [0.717, 1.165) is 6.42 Å². The predicted molar refractivity (Wildman–Crippen MR) is 78.4 cm³/mol. The highest BCUT2D eigenvalue weighted by Crippen LogP contribution is 2.15. The van der Waals surface area contributed by atoms with Crippen LogP contribution in [0.1, 0.15) is 31.2 Å². The Hall–Kier alpha value is -2.22. The van der Waals surface area contributed by atoms with Crippen molar-refractivity contribution in [2.75, 3.05) is 0 Å². The van der Waals surface area contributed by atoms with Crippen LogP contribution in [0.15, 0.2) is 40.0 Å². The van der Waals surface area contributed by atoms with Gasteiger partial charge in [0.15, 0.2) is 0 Å².